The van der Waals surface area contributed by atoms with E-state index in [1.165, 1.54) is 193 Å². The first-order valence-corrected chi connectivity index (χ1v) is 43.2. The molecular formula is C78H152O17P2. The van der Waals surface area contributed by atoms with Gasteiger partial charge in [-0.05, 0) is 49.4 Å². The van der Waals surface area contributed by atoms with E-state index in [9.17, 15) is 43.2 Å². The van der Waals surface area contributed by atoms with Gasteiger partial charge in [0.2, 0.25) is 0 Å². The van der Waals surface area contributed by atoms with Crippen LogP contribution in [-0.4, -0.2) is 96.7 Å². The second-order valence-corrected chi connectivity index (χ2v) is 32.9. The molecule has 0 aliphatic carbocycles. The van der Waals surface area contributed by atoms with E-state index in [1.807, 2.05) is 0 Å². The van der Waals surface area contributed by atoms with E-state index in [0.717, 1.165) is 114 Å². The number of esters is 4. The number of hydrogen-bond donors (Lipinski definition) is 3. The highest BCUT2D eigenvalue weighted by molar-refractivity contribution is 7.47. The number of carbonyl (C=O) groups is 4. The van der Waals surface area contributed by atoms with E-state index in [-0.39, 0.29) is 25.7 Å². The number of phosphoric ester groups is 2. The molecule has 5 atom stereocenters. The van der Waals surface area contributed by atoms with E-state index in [2.05, 4.69) is 55.4 Å². The molecule has 0 aromatic carbocycles. The Hall–Kier alpha value is -1.94. The molecule has 0 radical (unpaired) electrons. The normalized spacial score (nSPS) is 14.1. The van der Waals surface area contributed by atoms with Crippen LogP contribution in [0.4, 0.5) is 0 Å². The van der Waals surface area contributed by atoms with Crippen LogP contribution in [0.2, 0.25) is 0 Å². The van der Waals surface area contributed by atoms with Crippen molar-refractivity contribution in [3.8, 4) is 0 Å². The molecule has 0 rings (SSSR count). The van der Waals surface area contributed by atoms with Crippen LogP contribution in [0.25, 0.3) is 0 Å². The van der Waals surface area contributed by atoms with Gasteiger partial charge in [-0.25, -0.2) is 9.13 Å². The van der Waals surface area contributed by atoms with Crippen LogP contribution in [0.5, 0.6) is 0 Å². The van der Waals surface area contributed by atoms with Gasteiger partial charge in [0.05, 0.1) is 26.4 Å². The summed E-state index contributed by atoms with van der Waals surface area (Å²) in [5, 5.41) is 10.6. The number of aliphatic hydroxyl groups excluding tert-OH is 1. The van der Waals surface area contributed by atoms with E-state index in [4.69, 9.17) is 37.0 Å². The zero-order valence-corrected chi connectivity index (χ0v) is 65.5. The molecule has 97 heavy (non-hydrogen) atoms. The first-order chi connectivity index (χ1) is 46.6. The molecule has 0 amide bonds. The molecule has 0 aliphatic heterocycles. The van der Waals surface area contributed by atoms with Gasteiger partial charge >= 0.3 is 39.5 Å². The second kappa shape index (κ2) is 67.2. The molecule has 0 saturated heterocycles. The summed E-state index contributed by atoms with van der Waals surface area (Å²) >= 11 is 0. The van der Waals surface area contributed by atoms with E-state index in [0.29, 0.717) is 31.6 Å². The predicted molar refractivity (Wildman–Crippen MR) is 395 cm³/mol. The summed E-state index contributed by atoms with van der Waals surface area (Å²) in [6.45, 7) is 14.2. The molecule has 3 N–H and O–H groups in total. The molecule has 0 aliphatic rings. The Bertz CT molecular complexity index is 1900. The van der Waals surface area contributed by atoms with Crippen molar-refractivity contribution < 1.29 is 80.2 Å². The van der Waals surface area contributed by atoms with Crippen molar-refractivity contribution in [3.63, 3.8) is 0 Å². The third-order valence-electron chi connectivity index (χ3n) is 18.1. The first-order valence-electron chi connectivity index (χ1n) is 40.2. The quantitative estimate of drug-likeness (QED) is 0.0222. The maximum absolute atomic E-state index is 13.1. The largest absolute Gasteiger partial charge is 0.472 e. The fourth-order valence-electron chi connectivity index (χ4n) is 11.9. The molecule has 0 spiro atoms. The standard InChI is InChI=1S/C78H152O17P2/c1-68(2)54-46-38-30-24-18-14-10-9-11-16-20-27-33-42-50-58-75(80)88-64-73(94-78(83)61-53-45-35-29-23-22-26-32-40-48-56-70(5)6)66-92-96(84,85)90-62-72(79)63-91-97(86,87)93-67-74(65-89-76(81)59-51-43-37-36-41-49-57-71(7)8)95-77(82)60-52-44-34-28-21-17-13-12-15-19-25-31-39-47-55-69(3)4/h68-74,79H,9-67H2,1-8H3,(H,84,85)(H,86,87)/t72?,73-,74-/m1/s1. The van der Waals surface area contributed by atoms with Gasteiger partial charge in [-0.2, -0.15) is 0 Å². The smallest absolute Gasteiger partial charge is 0.462 e. The minimum absolute atomic E-state index is 0.106. The van der Waals surface area contributed by atoms with Gasteiger partial charge in [0.1, 0.15) is 19.3 Å². The summed E-state index contributed by atoms with van der Waals surface area (Å²) < 4.78 is 68.6. The van der Waals surface area contributed by atoms with E-state index in [1.54, 1.807) is 0 Å². The average molecular weight is 1420 g/mol. The van der Waals surface area contributed by atoms with Crippen molar-refractivity contribution >= 4 is 39.5 Å². The lowest BCUT2D eigenvalue weighted by molar-refractivity contribution is -0.161. The molecule has 576 valence electrons. The van der Waals surface area contributed by atoms with Crippen LogP contribution in [0, 0.1) is 23.7 Å². The zero-order valence-electron chi connectivity index (χ0n) is 63.7. The Labute approximate surface area is 594 Å². The number of phosphoric acid groups is 2. The minimum Gasteiger partial charge on any atom is -0.462 e. The van der Waals surface area contributed by atoms with Gasteiger partial charge in [-0.15, -0.1) is 0 Å². The third kappa shape index (κ3) is 72.2. The zero-order chi connectivity index (χ0) is 71.7. The number of aliphatic hydroxyl groups is 1. The summed E-state index contributed by atoms with van der Waals surface area (Å²) in [5.41, 5.74) is 0. The van der Waals surface area contributed by atoms with Crippen molar-refractivity contribution in [1.82, 2.24) is 0 Å². The van der Waals surface area contributed by atoms with Crippen molar-refractivity contribution in [2.24, 2.45) is 23.7 Å². The van der Waals surface area contributed by atoms with Gasteiger partial charge in [-0.1, -0.05) is 344 Å². The molecule has 0 aromatic heterocycles. The molecule has 0 saturated carbocycles. The Morgan fingerprint density at radius 1 is 0.258 bits per heavy atom. The van der Waals surface area contributed by atoms with Crippen LogP contribution in [0.1, 0.15) is 396 Å². The number of carbonyl (C=O) groups excluding carboxylic acids is 4. The minimum atomic E-state index is -4.96. The third-order valence-corrected chi connectivity index (χ3v) is 20.0. The maximum atomic E-state index is 13.1. The van der Waals surface area contributed by atoms with E-state index >= 15 is 0 Å². The van der Waals surface area contributed by atoms with Crippen molar-refractivity contribution in [2.75, 3.05) is 39.6 Å². The average Bonchev–Trinajstić information content (AvgIpc) is 1.09. The van der Waals surface area contributed by atoms with Gasteiger partial charge in [-0.3, -0.25) is 37.3 Å². The number of rotatable bonds is 75. The lowest BCUT2D eigenvalue weighted by Crippen LogP contribution is -2.30. The number of unbranched alkanes of at least 4 members (excludes halogenated alkanes) is 41. The Morgan fingerprint density at radius 3 is 0.639 bits per heavy atom. The Morgan fingerprint density at radius 2 is 0.433 bits per heavy atom. The second-order valence-electron chi connectivity index (χ2n) is 30.0. The summed E-state index contributed by atoms with van der Waals surface area (Å²) in [6, 6.07) is 0. The van der Waals surface area contributed by atoms with Crippen LogP contribution < -0.4 is 0 Å². The predicted octanol–water partition coefficient (Wildman–Crippen LogP) is 22.8. The SMILES string of the molecule is CC(C)CCCCCCCCCCCCCCCCCC(=O)OC[C@H](COP(=O)(O)OCC(O)COP(=O)(O)OC[C@@H](COC(=O)CCCCCCCCC(C)C)OC(=O)CCCCCCCCCCCCCCCCC(C)C)OC(=O)CCCCCCCCCCCCC(C)C. The molecule has 0 fully saturated rings. The molecular weight excluding hydrogens is 1270 g/mol. The maximum Gasteiger partial charge on any atom is 0.472 e. The fourth-order valence-corrected chi connectivity index (χ4v) is 13.5. The summed E-state index contributed by atoms with van der Waals surface area (Å²) in [4.78, 5) is 72.9. The molecule has 0 heterocycles. The molecule has 17 nitrogen and oxygen atoms in total. The first kappa shape index (κ1) is 95.1. The molecule has 19 heteroatoms. The van der Waals surface area contributed by atoms with Crippen molar-refractivity contribution in [3.05, 3.63) is 0 Å². The van der Waals surface area contributed by atoms with Gasteiger partial charge < -0.3 is 33.8 Å². The van der Waals surface area contributed by atoms with E-state index < -0.39 is 97.5 Å². The molecule has 0 bridgehead atoms. The lowest BCUT2D eigenvalue weighted by Gasteiger charge is -2.21. The van der Waals surface area contributed by atoms with Gasteiger partial charge in [0, 0.05) is 25.7 Å². The van der Waals surface area contributed by atoms with Gasteiger partial charge in [0.25, 0.3) is 0 Å². The summed E-state index contributed by atoms with van der Waals surface area (Å²) in [6.07, 6.45) is 52.9. The topological polar surface area (TPSA) is 237 Å². The van der Waals surface area contributed by atoms with Gasteiger partial charge in [0.15, 0.2) is 12.2 Å². The highest BCUT2D eigenvalue weighted by atomic mass is 31.2. The van der Waals surface area contributed by atoms with Crippen LogP contribution in [-0.2, 0) is 65.4 Å². The monoisotopic (exact) mass is 1420 g/mol. The Balaban J connectivity index is 5.21. The number of hydrogen-bond acceptors (Lipinski definition) is 15. The molecule has 0 aromatic rings. The highest BCUT2D eigenvalue weighted by Crippen LogP contribution is 2.45. The van der Waals surface area contributed by atoms with Crippen LogP contribution >= 0.6 is 15.6 Å². The Kier molecular flexibility index (Phi) is 65.9. The summed E-state index contributed by atoms with van der Waals surface area (Å²) in [5.74, 6) is 0.913. The number of ether oxygens (including phenoxy) is 4. The highest BCUT2D eigenvalue weighted by Gasteiger charge is 2.30. The van der Waals surface area contributed by atoms with Crippen LogP contribution in [0.3, 0.4) is 0 Å². The lowest BCUT2D eigenvalue weighted by atomic mass is 10.0. The summed E-state index contributed by atoms with van der Waals surface area (Å²) in [7, 11) is -9.92. The van der Waals surface area contributed by atoms with Crippen molar-refractivity contribution in [2.45, 2.75) is 414 Å². The fraction of sp³-hybridized carbons (Fsp3) is 0.949. The molecule has 3 unspecified atom stereocenters. The van der Waals surface area contributed by atoms with Crippen molar-refractivity contribution in [1.29, 1.82) is 0 Å². The van der Waals surface area contributed by atoms with Crippen LogP contribution in [0.15, 0.2) is 0 Å².